The van der Waals surface area contributed by atoms with Gasteiger partial charge in [-0.2, -0.15) is 0 Å². The van der Waals surface area contributed by atoms with E-state index in [1.807, 2.05) is 0 Å². The second kappa shape index (κ2) is 4.59. The third-order valence-corrected chi connectivity index (χ3v) is 1.66. The molecule has 0 aliphatic carbocycles. The quantitative estimate of drug-likeness (QED) is 0.430. The molecule has 0 unspecified atom stereocenters. The van der Waals surface area contributed by atoms with E-state index in [0.29, 0.717) is 12.4 Å². The number of nitrogens with zero attached hydrogens (tertiary/aromatic N) is 1. The standard InChI is InChI=1S/C9H7F2NO3/c1-15-8(14)2-7(13)9-5(10)3-12-4-6(9)11/h3-4H,2H2,1H3. The van der Waals surface area contributed by atoms with Crippen molar-refractivity contribution in [3.8, 4) is 0 Å². The number of pyridine rings is 1. The summed E-state index contributed by atoms with van der Waals surface area (Å²) in [4.78, 5) is 25.2. The minimum absolute atomic E-state index is 0.700. The number of Topliss-reactive ketones (excluding diaryl/α,β-unsaturated/α-hetero) is 1. The first-order valence-corrected chi connectivity index (χ1v) is 3.95. The van der Waals surface area contributed by atoms with E-state index in [4.69, 9.17) is 0 Å². The zero-order valence-electron chi connectivity index (χ0n) is 7.79. The first-order chi connectivity index (χ1) is 7.06. The lowest BCUT2D eigenvalue weighted by Crippen LogP contribution is -2.13. The molecule has 0 aliphatic rings. The van der Waals surface area contributed by atoms with Crippen LogP contribution < -0.4 is 0 Å². The molecule has 0 saturated carbocycles. The number of hydrogen-bond acceptors (Lipinski definition) is 4. The molecule has 1 rings (SSSR count). The molecule has 0 saturated heterocycles. The topological polar surface area (TPSA) is 56.3 Å². The van der Waals surface area contributed by atoms with Gasteiger partial charge in [0.1, 0.15) is 6.42 Å². The maximum Gasteiger partial charge on any atom is 0.313 e. The van der Waals surface area contributed by atoms with Crippen molar-refractivity contribution in [2.24, 2.45) is 0 Å². The van der Waals surface area contributed by atoms with Crippen LogP contribution >= 0.6 is 0 Å². The van der Waals surface area contributed by atoms with Crippen molar-refractivity contribution in [2.45, 2.75) is 6.42 Å². The largest absolute Gasteiger partial charge is 0.469 e. The van der Waals surface area contributed by atoms with Gasteiger partial charge in [0.05, 0.1) is 25.1 Å². The summed E-state index contributed by atoms with van der Waals surface area (Å²) in [7, 11) is 1.08. The molecule has 15 heavy (non-hydrogen) atoms. The van der Waals surface area contributed by atoms with E-state index in [-0.39, 0.29) is 0 Å². The summed E-state index contributed by atoms with van der Waals surface area (Å²) in [5, 5.41) is 0. The van der Waals surface area contributed by atoms with Crippen LogP contribution in [0.4, 0.5) is 8.78 Å². The Morgan fingerprint density at radius 3 is 2.33 bits per heavy atom. The molecule has 0 atom stereocenters. The average Bonchev–Trinajstić information content (AvgIpc) is 2.17. The van der Waals surface area contributed by atoms with Crippen LogP contribution in [0.25, 0.3) is 0 Å². The van der Waals surface area contributed by atoms with Crippen LogP contribution in [0.3, 0.4) is 0 Å². The predicted octanol–water partition coefficient (Wildman–Crippen LogP) is 1.11. The van der Waals surface area contributed by atoms with E-state index in [1.165, 1.54) is 0 Å². The third kappa shape index (κ3) is 2.55. The van der Waals surface area contributed by atoms with Crippen LogP contribution in [0.2, 0.25) is 0 Å². The lowest BCUT2D eigenvalue weighted by Gasteiger charge is -2.02. The fraction of sp³-hybridized carbons (Fsp3) is 0.222. The van der Waals surface area contributed by atoms with Gasteiger partial charge in [0, 0.05) is 0 Å². The zero-order chi connectivity index (χ0) is 11.4. The first-order valence-electron chi connectivity index (χ1n) is 3.95. The molecule has 1 aromatic rings. The van der Waals surface area contributed by atoms with Crippen molar-refractivity contribution in [1.29, 1.82) is 0 Å². The third-order valence-electron chi connectivity index (χ3n) is 1.66. The lowest BCUT2D eigenvalue weighted by atomic mass is 10.1. The number of ether oxygens (including phenoxy) is 1. The smallest absolute Gasteiger partial charge is 0.313 e. The highest BCUT2D eigenvalue weighted by molar-refractivity contribution is 6.06. The fourth-order valence-electron chi connectivity index (χ4n) is 0.969. The normalized spacial score (nSPS) is 9.80. The van der Waals surface area contributed by atoms with Crippen LogP contribution in [0.5, 0.6) is 0 Å². The Hall–Kier alpha value is -1.85. The minimum atomic E-state index is -1.09. The average molecular weight is 215 g/mol. The fourth-order valence-corrected chi connectivity index (χ4v) is 0.969. The van der Waals surface area contributed by atoms with E-state index >= 15 is 0 Å². The van der Waals surface area contributed by atoms with Crippen LogP contribution in [-0.4, -0.2) is 23.8 Å². The highest BCUT2D eigenvalue weighted by atomic mass is 19.1. The van der Waals surface area contributed by atoms with Gasteiger partial charge in [0.15, 0.2) is 17.4 Å². The number of carbonyl (C=O) groups excluding carboxylic acids is 2. The summed E-state index contributed by atoms with van der Waals surface area (Å²) in [5.41, 5.74) is -0.768. The Bertz CT molecular complexity index is 386. The van der Waals surface area contributed by atoms with Crippen LogP contribution in [0, 0.1) is 11.6 Å². The Balaban J connectivity index is 2.96. The molecule has 0 fully saturated rings. The molecular weight excluding hydrogens is 208 g/mol. The molecule has 0 amide bonds. The summed E-state index contributed by atoms with van der Waals surface area (Å²) < 4.78 is 30.2. The molecule has 1 aromatic heterocycles. The Kier molecular flexibility index (Phi) is 3.43. The van der Waals surface area contributed by atoms with Gasteiger partial charge in [-0.1, -0.05) is 0 Å². The minimum Gasteiger partial charge on any atom is -0.469 e. The maximum absolute atomic E-state index is 13.0. The van der Waals surface area contributed by atoms with Crippen molar-refractivity contribution < 1.29 is 23.1 Å². The lowest BCUT2D eigenvalue weighted by molar-refractivity contribution is -0.139. The van der Waals surface area contributed by atoms with E-state index < -0.39 is 35.4 Å². The number of hydrogen-bond donors (Lipinski definition) is 0. The van der Waals surface area contributed by atoms with Crippen LogP contribution in [0.15, 0.2) is 12.4 Å². The number of ketones is 1. The monoisotopic (exact) mass is 215 g/mol. The first kappa shape index (κ1) is 11.2. The van der Waals surface area contributed by atoms with Crippen molar-refractivity contribution in [3.05, 3.63) is 29.6 Å². The van der Waals surface area contributed by atoms with Gasteiger partial charge >= 0.3 is 5.97 Å². The molecule has 0 aliphatic heterocycles. The molecule has 0 spiro atoms. The number of carbonyl (C=O) groups is 2. The zero-order valence-corrected chi connectivity index (χ0v) is 7.79. The Labute approximate surface area is 83.9 Å². The molecule has 6 heteroatoms. The molecule has 1 heterocycles. The summed E-state index contributed by atoms with van der Waals surface area (Å²) in [6.45, 7) is 0. The molecule has 0 N–H and O–H groups in total. The van der Waals surface area contributed by atoms with Crippen molar-refractivity contribution >= 4 is 11.8 Å². The Morgan fingerprint density at radius 1 is 1.33 bits per heavy atom. The maximum atomic E-state index is 13.0. The molecule has 0 bridgehead atoms. The predicted molar refractivity (Wildman–Crippen MR) is 45.1 cm³/mol. The second-order valence-corrected chi connectivity index (χ2v) is 2.65. The summed E-state index contributed by atoms with van der Waals surface area (Å²) in [6, 6.07) is 0. The van der Waals surface area contributed by atoms with Gasteiger partial charge in [0.2, 0.25) is 0 Å². The number of methoxy groups -OCH3 is 1. The molecule has 4 nitrogen and oxygen atoms in total. The van der Waals surface area contributed by atoms with Crippen molar-refractivity contribution in [3.63, 3.8) is 0 Å². The van der Waals surface area contributed by atoms with Gasteiger partial charge in [-0.25, -0.2) is 8.78 Å². The van der Waals surface area contributed by atoms with Gasteiger partial charge in [0.25, 0.3) is 0 Å². The SMILES string of the molecule is COC(=O)CC(=O)c1c(F)cncc1F. The number of halogens is 2. The van der Waals surface area contributed by atoms with Crippen LogP contribution in [-0.2, 0) is 9.53 Å². The number of rotatable bonds is 3. The highest BCUT2D eigenvalue weighted by Crippen LogP contribution is 2.12. The molecule has 80 valence electrons. The Morgan fingerprint density at radius 2 is 1.87 bits per heavy atom. The van der Waals surface area contributed by atoms with Crippen molar-refractivity contribution in [2.75, 3.05) is 7.11 Å². The van der Waals surface area contributed by atoms with E-state index in [2.05, 4.69) is 9.72 Å². The van der Waals surface area contributed by atoms with Crippen molar-refractivity contribution in [1.82, 2.24) is 4.98 Å². The second-order valence-electron chi connectivity index (χ2n) is 2.65. The molecule has 0 radical (unpaired) electrons. The van der Waals surface area contributed by atoms with Gasteiger partial charge in [-0.3, -0.25) is 14.6 Å². The highest BCUT2D eigenvalue weighted by Gasteiger charge is 2.20. The van der Waals surface area contributed by atoms with Crippen LogP contribution in [0.1, 0.15) is 16.8 Å². The van der Waals surface area contributed by atoms with Gasteiger partial charge in [-0.15, -0.1) is 0 Å². The summed E-state index contributed by atoms with van der Waals surface area (Å²) in [5.74, 6) is -4.01. The summed E-state index contributed by atoms with van der Waals surface area (Å²) in [6.07, 6.45) is 0.704. The number of esters is 1. The van der Waals surface area contributed by atoms with Gasteiger partial charge < -0.3 is 4.74 Å². The summed E-state index contributed by atoms with van der Waals surface area (Å²) >= 11 is 0. The molecule has 0 aromatic carbocycles. The molecular formula is C9H7F2NO3. The van der Waals surface area contributed by atoms with Gasteiger partial charge in [-0.05, 0) is 0 Å². The van der Waals surface area contributed by atoms with E-state index in [1.54, 1.807) is 0 Å². The van der Waals surface area contributed by atoms with E-state index in [9.17, 15) is 18.4 Å². The number of aromatic nitrogens is 1. The van der Waals surface area contributed by atoms with E-state index in [0.717, 1.165) is 7.11 Å².